The summed E-state index contributed by atoms with van der Waals surface area (Å²) in [6, 6.07) is 16.6. The zero-order chi connectivity index (χ0) is 25.7. The number of benzene rings is 2. The average molecular weight is 531 g/mol. The van der Waals surface area contributed by atoms with Gasteiger partial charge in [0.1, 0.15) is 0 Å². The lowest BCUT2D eigenvalue weighted by Gasteiger charge is -2.18. The third kappa shape index (κ3) is 7.02. The van der Waals surface area contributed by atoms with Crippen molar-refractivity contribution in [2.24, 2.45) is 0 Å². The summed E-state index contributed by atoms with van der Waals surface area (Å²) in [4.78, 5) is 28.4. The van der Waals surface area contributed by atoms with Crippen molar-refractivity contribution in [2.75, 3.05) is 18.0 Å². The summed E-state index contributed by atoms with van der Waals surface area (Å²) in [5.41, 5.74) is 4.44. The van der Waals surface area contributed by atoms with E-state index < -0.39 is 7.82 Å². The molecule has 0 unspecified atom stereocenters. The predicted molar refractivity (Wildman–Crippen MR) is 136 cm³/mol. The number of nitrogens with zero attached hydrogens (tertiary/aromatic N) is 6. The zero-order valence-corrected chi connectivity index (χ0v) is 21.6. The van der Waals surface area contributed by atoms with Gasteiger partial charge >= 0.3 is 7.82 Å². The second kappa shape index (κ2) is 11.4. The van der Waals surface area contributed by atoms with E-state index >= 15 is 0 Å². The van der Waals surface area contributed by atoms with Gasteiger partial charge in [0.05, 0.1) is 11.4 Å². The molecule has 0 atom stereocenters. The first-order chi connectivity index (χ1) is 17.2. The molecule has 1 saturated heterocycles. The lowest BCUT2D eigenvalue weighted by molar-refractivity contribution is 0.275. The lowest BCUT2D eigenvalue weighted by atomic mass is 10.1. The van der Waals surface area contributed by atoms with Gasteiger partial charge in [-0.3, -0.25) is 4.57 Å². The van der Waals surface area contributed by atoms with Gasteiger partial charge in [-0.15, -0.1) is 10.2 Å². The molecule has 4 aromatic rings. The SMILES string of the molecule is Cc1ccc(-c2noc(CSc3nnc(N4CCCC4)n3-c3ccc(C)cc3)n2)cc1.O=P(O)(O)O. The molecule has 2 aromatic heterocycles. The maximum absolute atomic E-state index is 8.88. The third-order valence-corrected chi connectivity index (χ3v) is 6.31. The van der Waals surface area contributed by atoms with Crippen LogP contribution >= 0.6 is 19.6 Å². The van der Waals surface area contributed by atoms with E-state index in [2.05, 4.69) is 67.9 Å². The predicted octanol–water partition coefficient (Wildman–Crippen LogP) is 3.90. The number of phosphoric acid groups is 1. The Kier molecular flexibility index (Phi) is 8.22. The van der Waals surface area contributed by atoms with Crippen LogP contribution in [0.5, 0.6) is 0 Å². The van der Waals surface area contributed by atoms with E-state index in [1.807, 2.05) is 24.3 Å². The molecule has 0 bridgehead atoms. The molecule has 11 nitrogen and oxygen atoms in total. The van der Waals surface area contributed by atoms with Crippen LogP contribution < -0.4 is 4.90 Å². The summed E-state index contributed by atoms with van der Waals surface area (Å²) in [6.07, 6.45) is 2.38. The van der Waals surface area contributed by atoms with Gasteiger partial charge in [0, 0.05) is 18.7 Å². The molecule has 13 heteroatoms. The largest absolute Gasteiger partial charge is 0.466 e. The van der Waals surface area contributed by atoms with Crippen molar-refractivity contribution in [2.45, 2.75) is 37.6 Å². The smallest absolute Gasteiger partial charge is 0.341 e. The Morgan fingerprint density at radius 2 is 1.53 bits per heavy atom. The highest BCUT2D eigenvalue weighted by atomic mass is 32.2. The topological polar surface area (TPSA) is 151 Å². The minimum Gasteiger partial charge on any atom is -0.341 e. The molecule has 190 valence electrons. The Morgan fingerprint density at radius 3 is 2.14 bits per heavy atom. The van der Waals surface area contributed by atoms with E-state index in [0.717, 1.165) is 35.4 Å². The molecule has 1 aliphatic rings. The fourth-order valence-electron chi connectivity index (χ4n) is 3.66. The Bertz CT molecular complexity index is 1320. The van der Waals surface area contributed by atoms with E-state index in [-0.39, 0.29) is 0 Å². The van der Waals surface area contributed by atoms with E-state index in [1.54, 1.807) is 11.8 Å². The molecule has 0 aliphatic carbocycles. The molecule has 3 heterocycles. The monoisotopic (exact) mass is 530 g/mol. The van der Waals surface area contributed by atoms with Crippen molar-refractivity contribution in [1.82, 2.24) is 24.9 Å². The van der Waals surface area contributed by atoms with Crippen molar-refractivity contribution < 1.29 is 23.8 Å². The molecular weight excluding hydrogens is 503 g/mol. The van der Waals surface area contributed by atoms with Gasteiger partial charge < -0.3 is 24.1 Å². The van der Waals surface area contributed by atoms with Crippen LogP contribution in [0.4, 0.5) is 5.95 Å². The van der Waals surface area contributed by atoms with Gasteiger partial charge in [0.15, 0.2) is 5.16 Å². The summed E-state index contributed by atoms with van der Waals surface area (Å²) in [6.45, 7) is 6.17. The van der Waals surface area contributed by atoms with Crippen molar-refractivity contribution in [1.29, 1.82) is 0 Å². The zero-order valence-electron chi connectivity index (χ0n) is 19.9. The van der Waals surface area contributed by atoms with Crippen LogP contribution in [0.15, 0.2) is 58.2 Å². The average Bonchev–Trinajstić information content (AvgIpc) is 3.58. The summed E-state index contributed by atoms with van der Waals surface area (Å²) in [5, 5.41) is 14.0. The number of hydrogen-bond donors (Lipinski definition) is 3. The summed E-state index contributed by atoms with van der Waals surface area (Å²) in [5.74, 6) is 2.60. The maximum atomic E-state index is 8.88. The maximum Gasteiger partial charge on any atom is 0.466 e. The van der Waals surface area contributed by atoms with E-state index in [0.29, 0.717) is 17.5 Å². The third-order valence-electron chi connectivity index (χ3n) is 5.40. The standard InChI is InChI=1S/C23H24N6OS.H3O4P/c1-16-5-9-18(10-6-16)21-24-20(30-27-21)15-31-23-26-25-22(28-13-3-4-14-28)29(23)19-11-7-17(2)8-12-19;1-5(2,3)4/h5-12H,3-4,13-15H2,1-2H3;(H3,1,2,3,4). The molecule has 0 saturated carbocycles. The highest BCUT2D eigenvalue weighted by molar-refractivity contribution is 7.98. The van der Waals surface area contributed by atoms with E-state index in [1.165, 1.54) is 24.0 Å². The fraction of sp³-hybridized carbons (Fsp3) is 0.304. The molecule has 36 heavy (non-hydrogen) atoms. The molecule has 2 aromatic carbocycles. The van der Waals surface area contributed by atoms with Gasteiger partial charge in [-0.1, -0.05) is 64.4 Å². The molecular formula is C23H27N6O5PS. The minimum absolute atomic E-state index is 0.531. The number of aryl methyl sites for hydroxylation is 2. The quantitative estimate of drug-likeness (QED) is 0.246. The first kappa shape index (κ1) is 26.1. The summed E-state index contributed by atoms with van der Waals surface area (Å²) >= 11 is 1.56. The van der Waals surface area contributed by atoms with Crippen LogP contribution in [-0.2, 0) is 10.3 Å². The first-order valence-electron chi connectivity index (χ1n) is 11.3. The summed E-state index contributed by atoms with van der Waals surface area (Å²) in [7, 11) is -4.64. The summed E-state index contributed by atoms with van der Waals surface area (Å²) < 4.78 is 16.5. The van der Waals surface area contributed by atoms with Crippen LogP contribution in [0, 0.1) is 13.8 Å². The Labute approximate surface area is 212 Å². The van der Waals surface area contributed by atoms with E-state index in [4.69, 9.17) is 23.8 Å². The molecule has 3 N–H and O–H groups in total. The number of rotatable bonds is 6. The van der Waals surface area contributed by atoms with Crippen LogP contribution in [-0.4, -0.2) is 52.7 Å². The molecule has 5 rings (SSSR count). The van der Waals surface area contributed by atoms with Crippen molar-refractivity contribution in [3.8, 4) is 17.1 Å². The Morgan fingerprint density at radius 1 is 0.944 bits per heavy atom. The van der Waals surface area contributed by atoms with Crippen molar-refractivity contribution in [3.63, 3.8) is 0 Å². The van der Waals surface area contributed by atoms with Crippen LogP contribution in [0.25, 0.3) is 17.1 Å². The van der Waals surface area contributed by atoms with Gasteiger partial charge in [-0.25, -0.2) is 4.57 Å². The second-order valence-corrected chi connectivity index (χ2v) is 10.3. The second-order valence-electron chi connectivity index (χ2n) is 8.33. The number of thioether (sulfide) groups is 1. The number of hydrogen-bond acceptors (Lipinski definition) is 8. The molecule has 0 spiro atoms. The van der Waals surface area contributed by atoms with Crippen molar-refractivity contribution in [3.05, 3.63) is 65.5 Å². The number of aromatic nitrogens is 5. The Hall–Kier alpha value is -3.02. The first-order valence-corrected chi connectivity index (χ1v) is 13.8. The minimum atomic E-state index is -4.64. The lowest BCUT2D eigenvalue weighted by Crippen LogP contribution is -2.22. The van der Waals surface area contributed by atoms with Gasteiger partial charge in [-0.05, 0) is 38.8 Å². The normalized spacial score (nSPS) is 13.5. The Balaban J connectivity index is 0.000000556. The molecule has 0 amide bonds. The fourth-order valence-corrected chi connectivity index (χ4v) is 4.44. The van der Waals surface area contributed by atoms with E-state index in [9.17, 15) is 0 Å². The molecule has 1 aliphatic heterocycles. The van der Waals surface area contributed by atoms with Crippen LogP contribution in [0.3, 0.4) is 0 Å². The van der Waals surface area contributed by atoms with Crippen LogP contribution in [0.2, 0.25) is 0 Å². The molecule has 0 radical (unpaired) electrons. The van der Waals surface area contributed by atoms with Crippen LogP contribution in [0.1, 0.15) is 29.9 Å². The highest BCUT2D eigenvalue weighted by Crippen LogP contribution is 2.30. The highest BCUT2D eigenvalue weighted by Gasteiger charge is 2.23. The van der Waals surface area contributed by atoms with Gasteiger partial charge in [0.25, 0.3) is 0 Å². The van der Waals surface area contributed by atoms with Crippen molar-refractivity contribution >= 4 is 25.5 Å². The van der Waals surface area contributed by atoms with Gasteiger partial charge in [-0.2, -0.15) is 4.98 Å². The molecule has 1 fully saturated rings. The van der Waals surface area contributed by atoms with Gasteiger partial charge in [0.2, 0.25) is 17.7 Å². The number of anilines is 1.